The van der Waals surface area contributed by atoms with Crippen LogP contribution in [0.3, 0.4) is 0 Å². The minimum Gasteiger partial charge on any atom is -0.381 e. The number of rotatable bonds is 2. The first-order valence-corrected chi connectivity index (χ1v) is 5.76. The monoisotopic (exact) mass is 186 g/mol. The molecule has 0 amide bonds. The third-order valence-electron chi connectivity index (χ3n) is 3.00. The molecule has 1 heteroatoms. The van der Waals surface area contributed by atoms with Crippen molar-refractivity contribution in [2.45, 2.75) is 59.5 Å². The van der Waals surface area contributed by atoms with Gasteiger partial charge < -0.3 is 4.74 Å². The zero-order chi connectivity index (χ0) is 10.3. The highest BCUT2D eigenvalue weighted by atomic mass is 16.5. The van der Waals surface area contributed by atoms with Gasteiger partial charge in [0.05, 0.1) is 6.10 Å². The minimum atomic E-state index is 0.560. The second kappa shape index (κ2) is 7.37. The molecule has 13 heavy (non-hydrogen) atoms. The van der Waals surface area contributed by atoms with Crippen LogP contribution in [0.15, 0.2) is 0 Å². The molecular weight excluding hydrogens is 160 g/mol. The predicted molar refractivity (Wildman–Crippen MR) is 58.9 cm³/mol. The van der Waals surface area contributed by atoms with Crippen LogP contribution < -0.4 is 0 Å². The van der Waals surface area contributed by atoms with Gasteiger partial charge in [0.25, 0.3) is 0 Å². The Morgan fingerprint density at radius 1 is 1.00 bits per heavy atom. The standard InChI is InChI=1S/C10H20O.C2H6/c1-8(2)9-4-6-10(11-3)7-5-9;1-2/h8-10H,4-7H2,1-3H3;1-2H3. The van der Waals surface area contributed by atoms with Crippen molar-refractivity contribution in [1.82, 2.24) is 0 Å². The fraction of sp³-hybridized carbons (Fsp3) is 1.00. The Kier molecular flexibility index (Phi) is 7.35. The topological polar surface area (TPSA) is 9.23 Å². The molecule has 0 spiro atoms. The maximum atomic E-state index is 5.32. The molecule has 1 aliphatic carbocycles. The van der Waals surface area contributed by atoms with Gasteiger partial charge in [-0.15, -0.1) is 0 Å². The van der Waals surface area contributed by atoms with Crippen LogP contribution >= 0.6 is 0 Å². The Hall–Kier alpha value is -0.0400. The summed E-state index contributed by atoms with van der Waals surface area (Å²) >= 11 is 0. The summed E-state index contributed by atoms with van der Waals surface area (Å²) in [5, 5.41) is 0. The van der Waals surface area contributed by atoms with E-state index in [4.69, 9.17) is 4.74 Å². The summed E-state index contributed by atoms with van der Waals surface area (Å²) < 4.78 is 5.32. The van der Waals surface area contributed by atoms with Gasteiger partial charge in [0.2, 0.25) is 0 Å². The zero-order valence-corrected chi connectivity index (χ0v) is 9.97. The van der Waals surface area contributed by atoms with Crippen LogP contribution in [0.25, 0.3) is 0 Å². The molecule has 0 aliphatic heterocycles. The average Bonchev–Trinajstić information content (AvgIpc) is 2.21. The Labute approximate surface area is 83.9 Å². The number of hydrogen-bond acceptors (Lipinski definition) is 1. The third kappa shape index (κ3) is 4.66. The molecule has 0 unspecified atom stereocenters. The normalized spacial score (nSPS) is 28.2. The Morgan fingerprint density at radius 2 is 1.46 bits per heavy atom. The highest BCUT2D eigenvalue weighted by Gasteiger charge is 2.22. The van der Waals surface area contributed by atoms with Gasteiger partial charge in [-0.1, -0.05) is 27.7 Å². The third-order valence-corrected chi connectivity index (χ3v) is 3.00. The Balaban J connectivity index is 0.000000671. The van der Waals surface area contributed by atoms with Crippen LogP contribution in [0.2, 0.25) is 0 Å². The first kappa shape index (κ1) is 13.0. The molecule has 1 aliphatic rings. The number of methoxy groups -OCH3 is 1. The molecule has 0 aromatic carbocycles. The van der Waals surface area contributed by atoms with E-state index in [9.17, 15) is 0 Å². The summed E-state index contributed by atoms with van der Waals surface area (Å²) in [7, 11) is 1.83. The quantitative estimate of drug-likeness (QED) is 0.636. The van der Waals surface area contributed by atoms with Gasteiger partial charge in [-0.3, -0.25) is 0 Å². The van der Waals surface area contributed by atoms with Gasteiger partial charge in [-0.05, 0) is 37.5 Å². The smallest absolute Gasteiger partial charge is 0.0571 e. The molecule has 0 aromatic rings. The molecule has 0 atom stereocenters. The van der Waals surface area contributed by atoms with E-state index in [2.05, 4.69) is 13.8 Å². The average molecular weight is 186 g/mol. The Morgan fingerprint density at radius 3 is 1.77 bits per heavy atom. The van der Waals surface area contributed by atoms with Crippen molar-refractivity contribution in [3.63, 3.8) is 0 Å². The molecule has 0 saturated heterocycles. The van der Waals surface area contributed by atoms with Crippen molar-refractivity contribution in [3.05, 3.63) is 0 Å². The van der Waals surface area contributed by atoms with Crippen molar-refractivity contribution < 1.29 is 4.74 Å². The van der Waals surface area contributed by atoms with Crippen LogP contribution in [0, 0.1) is 11.8 Å². The van der Waals surface area contributed by atoms with E-state index < -0.39 is 0 Å². The lowest BCUT2D eigenvalue weighted by Crippen LogP contribution is -2.23. The van der Waals surface area contributed by atoms with E-state index in [1.54, 1.807) is 0 Å². The van der Waals surface area contributed by atoms with Gasteiger partial charge in [-0.2, -0.15) is 0 Å². The van der Waals surface area contributed by atoms with E-state index in [1.807, 2.05) is 21.0 Å². The van der Waals surface area contributed by atoms with Crippen LogP contribution in [0.5, 0.6) is 0 Å². The summed E-state index contributed by atoms with van der Waals surface area (Å²) in [6.45, 7) is 8.66. The molecule has 1 nitrogen and oxygen atoms in total. The van der Waals surface area contributed by atoms with E-state index in [1.165, 1.54) is 25.7 Å². The maximum absolute atomic E-state index is 5.32. The second-order valence-corrected chi connectivity index (χ2v) is 4.02. The predicted octanol–water partition coefficient (Wildman–Crippen LogP) is 3.87. The van der Waals surface area contributed by atoms with Crippen LogP contribution in [-0.2, 0) is 4.74 Å². The van der Waals surface area contributed by atoms with E-state index >= 15 is 0 Å². The van der Waals surface area contributed by atoms with Crippen LogP contribution in [-0.4, -0.2) is 13.2 Å². The van der Waals surface area contributed by atoms with Crippen molar-refractivity contribution in [3.8, 4) is 0 Å². The van der Waals surface area contributed by atoms with Crippen molar-refractivity contribution in [1.29, 1.82) is 0 Å². The van der Waals surface area contributed by atoms with E-state index in [0.717, 1.165) is 11.8 Å². The Bertz CT molecular complexity index is 102. The summed E-state index contributed by atoms with van der Waals surface area (Å²) in [4.78, 5) is 0. The van der Waals surface area contributed by atoms with E-state index in [-0.39, 0.29) is 0 Å². The summed E-state index contributed by atoms with van der Waals surface area (Å²) in [6, 6.07) is 0. The molecule has 1 rings (SSSR count). The van der Waals surface area contributed by atoms with Gasteiger partial charge in [0.15, 0.2) is 0 Å². The zero-order valence-electron chi connectivity index (χ0n) is 9.97. The maximum Gasteiger partial charge on any atom is 0.0571 e. The lowest BCUT2D eigenvalue weighted by Gasteiger charge is -2.29. The SMILES string of the molecule is CC.COC1CCC(C(C)C)CC1. The molecule has 0 aromatic heterocycles. The summed E-state index contributed by atoms with van der Waals surface area (Å²) in [5.41, 5.74) is 0. The molecule has 0 heterocycles. The van der Waals surface area contributed by atoms with Gasteiger partial charge in [0, 0.05) is 7.11 Å². The second-order valence-electron chi connectivity index (χ2n) is 4.02. The van der Waals surface area contributed by atoms with Gasteiger partial charge in [-0.25, -0.2) is 0 Å². The molecule has 80 valence electrons. The van der Waals surface area contributed by atoms with Crippen molar-refractivity contribution in [2.75, 3.05) is 7.11 Å². The lowest BCUT2D eigenvalue weighted by atomic mass is 9.80. The largest absolute Gasteiger partial charge is 0.381 e. The fourth-order valence-electron chi connectivity index (χ4n) is 1.99. The first-order valence-electron chi connectivity index (χ1n) is 5.76. The van der Waals surface area contributed by atoms with Gasteiger partial charge >= 0.3 is 0 Å². The number of ether oxygens (including phenoxy) is 1. The van der Waals surface area contributed by atoms with Crippen LogP contribution in [0.1, 0.15) is 53.4 Å². The highest BCUT2D eigenvalue weighted by molar-refractivity contribution is 4.74. The highest BCUT2D eigenvalue weighted by Crippen LogP contribution is 2.30. The fourth-order valence-corrected chi connectivity index (χ4v) is 1.99. The first-order chi connectivity index (χ1) is 6.24. The molecule has 0 radical (unpaired) electrons. The van der Waals surface area contributed by atoms with Crippen molar-refractivity contribution >= 4 is 0 Å². The van der Waals surface area contributed by atoms with Crippen molar-refractivity contribution in [2.24, 2.45) is 11.8 Å². The molecule has 0 N–H and O–H groups in total. The van der Waals surface area contributed by atoms with Crippen LogP contribution in [0.4, 0.5) is 0 Å². The molecular formula is C12H26O. The molecule has 0 bridgehead atoms. The summed E-state index contributed by atoms with van der Waals surface area (Å²) in [5.74, 6) is 1.83. The lowest BCUT2D eigenvalue weighted by molar-refractivity contribution is 0.0495. The van der Waals surface area contributed by atoms with Gasteiger partial charge in [0.1, 0.15) is 0 Å². The van der Waals surface area contributed by atoms with E-state index in [0.29, 0.717) is 6.10 Å². The molecule has 1 saturated carbocycles. The summed E-state index contributed by atoms with van der Waals surface area (Å²) in [6.07, 6.45) is 5.86. The molecule has 1 fully saturated rings. The minimum absolute atomic E-state index is 0.560. The number of hydrogen-bond donors (Lipinski definition) is 0.